The summed E-state index contributed by atoms with van der Waals surface area (Å²) < 4.78 is 4.74. The summed E-state index contributed by atoms with van der Waals surface area (Å²) in [5.74, 6) is -0.978. The normalized spacial score (nSPS) is 17.9. The van der Waals surface area contributed by atoms with E-state index in [1.807, 2.05) is 0 Å². The van der Waals surface area contributed by atoms with E-state index >= 15 is 0 Å². The number of likely N-dealkylation sites (tertiary alicyclic amines) is 1. The number of carbonyl (C=O) groups is 2. The molecule has 1 saturated heterocycles. The fraction of sp³-hybridized carbons (Fsp3) is 0.467. The average Bonchev–Trinajstić information content (AvgIpc) is 2.52. The molecule has 118 valence electrons. The Bertz CT molecular complexity index is 614. The SMILES string of the molecule is COC(=O)[C@H]1CCCCN1C(=O)c1cccc(C)c1[N+](=O)[O-]. The second kappa shape index (κ2) is 6.55. The molecule has 0 spiro atoms. The third-order valence-corrected chi connectivity index (χ3v) is 3.89. The van der Waals surface area contributed by atoms with E-state index in [1.54, 1.807) is 19.1 Å². The van der Waals surface area contributed by atoms with E-state index in [9.17, 15) is 19.7 Å². The quantitative estimate of drug-likeness (QED) is 0.484. The summed E-state index contributed by atoms with van der Waals surface area (Å²) in [5, 5.41) is 11.2. The van der Waals surface area contributed by atoms with Crippen molar-refractivity contribution in [3.8, 4) is 0 Å². The Kier molecular flexibility index (Phi) is 4.75. The predicted molar refractivity (Wildman–Crippen MR) is 78.5 cm³/mol. The molecule has 1 aromatic rings. The number of hydrogen-bond acceptors (Lipinski definition) is 5. The van der Waals surface area contributed by atoms with E-state index < -0.39 is 22.8 Å². The Labute approximate surface area is 128 Å². The van der Waals surface area contributed by atoms with E-state index in [0.29, 0.717) is 18.5 Å². The molecule has 7 heteroatoms. The first-order valence-electron chi connectivity index (χ1n) is 7.10. The molecular formula is C15H18N2O5. The number of piperidine rings is 1. The van der Waals surface area contributed by atoms with Crippen molar-refractivity contribution in [2.75, 3.05) is 13.7 Å². The fourth-order valence-corrected chi connectivity index (χ4v) is 2.78. The molecule has 1 amide bonds. The van der Waals surface area contributed by atoms with Crippen LogP contribution in [0.1, 0.15) is 35.2 Å². The minimum absolute atomic E-state index is 0.0146. The number of rotatable bonds is 3. The number of ether oxygens (including phenoxy) is 1. The number of carbonyl (C=O) groups excluding carboxylic acids is 2. The molecule has 0 N–H and O–H groups in total. The van der Waals surface area contributed by atoms with Crippen LogP contribution < -0.4 is 0 Å². The standard InChI is InChI=1S/C15H18N2O5/c1-10-6-5-7-11(13(10)17(20)21)14(18)16-9-4-3-8-12(16)15(19)22-2/h5-7,12H,3-4,8-9H2,1-2H3/t12-/m1/s1. The molecule has 0 aliphatic carbocycles. The Morgan fingerprint density at radius 2 is 2.09 bits per heavy atom. The maximum Gasteiger partial charge on any atom is 0.328 e. The van der Waals surface area contributed by atoms with Crippen LogP contribution in [-0.2, 0) is 9.53 Å². The molecule has 0 unspecified atom stereocenters. The van der Waals surface area contributed by atoms with Gasteiger partial charge in [0.2, 0.25) is 0 Å². The van der Waals surface area contributed by atoms with Gasteiger partial charge in [-0.15, -0.1) is 0 Å². The van der Waals surface area contributed by atoms with Crippen molar-refractivity contribution >= 4 is 17.6 Å². The third-order valence-electron chi connectivity index (χ3n) is 3.89. The van der Waals surface area contributed by atoms with Crippen LogP contribution >= 0.6 is 0 Å². The summed E-state index contributed by atoms with van der Waals surface area (Å²) in [5.41, 5.74) is 0.227. The topological polar surface area (TPSA) is 89.8 Å². The largest absolute Gasteiger partial charge is 0.467 e. The minimum Gasteiger partial charge on any atom is -0.467 e. The van der Waals surface area contributed by atoms with Crippen LogP contribution in [-0.4, -0.2) is 41.4 Å². The van der Waals surface area contributed by atoms with Crippen LogP contribution in [0.3, 0.4) is 0 Å². The Balaban J connectivity index is 2.40. The van der Waals surface area contributed by atoms with E-state index in [2.05, 4.69) is 0 Å². The van der Waals surface area contributed by atoms with Gasteiger partial charge in [0.1, 0.15) is 11.6 Å². The molecule has 22 heavy (non-hydrogen) atoms. The zero-order chi connectivity index (χ0) is 16.3. The van der Waals surface area contributed by atoms with Gasteiger partial charge in [-0.3, -0.25) is 14.9 Å². The van der Waals surface area contributed by atoms with Gasteiger partial charge >= 0.3 is 5.97 Å². The molecule has 1 aromatic carbocycles. The molecule has 1 atom stereocenters. The molecule has 1 heterocycles. The second-order valence-corrected chi connectivity index (χ2v) is 5.26. The molecule has 7 nitrogen and oxygen atoms in total. The predicted octanol–water partition coefficient (Wildman–Crippen LogP) is 2.07. The fourth-order valence-electron chi connectivity index (χ4n) is 2.78. The highest BCUT2D eigenvalue weighted by Crippen LogP contribution is 2.27. The van der Waals surface area contributed by atoms with E-state index in [1.165, 1.54) is 18.1 Å². The number of nitro groups is 1. The molecule has 0 saturated carbocycles. The molecule has 1 fully saturated rings. The maximum absolute atomic E-state index is 12.7. The highest BCUT2D eigenvalue weighted by Gasteiger charge is 2.36. The van der Waals surface area contributed by atoms with Gasteiger partial charge in [0.25, 0.3) is 11.6 Å². The van der Waals surface area contributed by atoms with Gasteiger partial charge in [-0.25, -0.2) is 4.79 Å². The van der Waals surface area contributed by atoms with Crippen LogP contribution in [0.15, 0.2) is 18.2 Å². The molecule has 0 radical (unpaired) electrons. The number of para-hydroxylation sites is 1. The van der Waals surface area contributed by atoms with Crippen molar-refractivity contribution in [2.24, 2.45) is 0 Å². The Hall–Kier alpha value is -2.44. The van der Waals surface area contributed by atoms with Crippen molar-refractivity contribution in [2.45, 2.75) is 32.2 Å². The van der Waals surface area contributed by atoms with Crippen LogP contribution in [0.4, 0.5) is 5.69 Å². The van der Waals surface area contributed by atoms with Gasteiger partial charge in [-0.2, -0.15) is 0 Å². The summed E-state index contributed by atoms with van der Waals surface area (Å²) in [6, 6.07) is 3.94. The van der Waals surface area contributed by atoms with E-state index in [-0.39, 0.29) is 11.3 Å². The average molecular weight is 306 g/mol. The number of methoxy groups -OCH3 is 1. The number of nitrogens with zero attached hydrogens (tertiary/aromatic N) is 2. The molecule has 0 aromatic heterocycles. The summed E-state index contributed by atoms with van der Waals surface area (Å²) >= 11 is 0. The number of aryl methyl sites for hydroxylation is 1. The van der Waals surface area contributed by atoms with Gasteiger partial charge in [-0.1, -0.05) is 12.1 Å². The van der Waals surface area contributed by atoms with Crippen molar-refractivity contribution in [1.29, 1.82) is 0 Å². The maximum atomic E-state index is 12.7. The smallest absolute Gasteiger partial charge is 0.328 e. The van der Waals surface area contributed by atoms with Gasteiger partial charge in [0, 0.05) is 12.1 Å². The summed E-state index contributed by atoms with van der Waals surface area (Å²) in [6.07, 6.45) is 2.09. The molecule has 1 aliphatic rings. The van der Waals surface area contributed by atoms with Crippen LogP contribution in [0.2, 0.25) is 0 Å². The zero-order valence-electron chi connectivity index (χ0n) is 12.6. The molecule has 0 bridgehead atoms. The molecular weight excluding hydrogens is 288 g/mol. The lowest BCUT2D eigenvalue weighted by Gasteiger charge is -2.33. The van der Waals surface area contributed by atoms with Gasteiger partial charge < -0.3 is 9.64 Å². The first-order valence-corrected chi connectivity index (χ1v) is 7.10. The van der Waals surface area contributed by atoms with E-state index in [4.69, 9.17) is 4.74 Å². The number of amides is 1. The van der Waals surface area contributed by atoms with Gasteiger partial charge in [-0.05, 0) is 32.3 Å². The van der Waals surface area contributed by atoms with Crippen molar-refractivity contribution in [1.82, 2.24) is 4.90 Å². The molecule has 2 rings (SSSR count). The third kappa shape index (κ3) is 2.93. The highest BCUT2D eigenvalue weighted by atomic mass is 16.6. The summed E-state index contributed by atoms with van der Waals surface area (Å²) in [6.45, 7) is 1.98. The van der Waals surface area contributed by atoms with Gasteiger partial charge in [0.05, 0.1) is 12.0 Å². The number of benzene rings is 1. The van der Waals surface area contributed by atoms with Crippen molar-refractivity contribution in [3.05, 3.63) is 39.4 Å². The Morgan fingerprint density at radius 1 is 1.36 bits per heavy atom. The van der Waals surface area contributed by atoms with E-state index in [0.717, 1.165) is 12.8 Å². The lowest BCUT2D eigenvalue weighted by atomic mass is 9.99. The summed E-state index contributed by atoms with van der Waals surface area (Å²) in [4.78, 5) is 36.6. The first kappa shape index (κ1) is 15.9. The zero-order valence-corrected chi connectivity index (χ0v) is 12.6. The highest BCUT2D eigenvalue weighted by molar-refractivity contribution is 6.00. The minimum atomic E-state index is -0.675. The number of nitro benzene ring substituents is 1. The Morgan fingerprint density at radius 3 is 2.73 bits per heavy atom. The van der Waals surface area contributed by atoms with Crippen LogP contribution in [0.25, 0.3) is 0 Å². The number of esters is 1. The van der Waals surface area contributed by atoms with Gasteiger partial charge in [0.15, 0.2) is 0 Å². The lowest BCUT2D eigenvalue weighted by Crippen LogP contribution is -2.48. The number of hydrogen-bond donors (Lipinski definition) is 0. The molecule has 1 aliphatic heterocycles. The monoisotopic (exact) mass is 306 g/mol. The van der Waals surface area contributed by atoms with Crippen LogP contribution in [0, 0.1) is 17.0 Å². The van der Waals surface area contributed by atoms with Crippen molar-refractivity contribution in [3.63, 3.8) is 0 Å². The van der Waals surface area contributed by atoms with Crippen LogP contribution in [0.5, 0.6) is 0 Å². The van der Waals surface area contributed by atoms with Crippen molar-refractivity contribution < 1.29 is 19.2 Å². The first-order chi connectivity index (χ1) is 10.5. The lowest BCUT2D eigenvalue weighted by molar-refractivity contribution is -0.385. The summed E-state index contributed by atoms with van der Waals surface area (Å²) in [7, 11) is 1.27. The second-order valence-electron chi connectivity index (χ2n) is 5.26.